The number of nitrogens with one attached hydrogen (secondary N) is 1. The quantitative estimate of drug-likeness (QED) is 0.751. The minimum atomic E-state index is 0.838. The van der Waals surface area contributed by atoms with Gasteiger partial charge in [0.2, 0.25) is 0 Å². The number of alkyl halides is 1. The second-order valence-electron chi connectivity index (χ2n) is 1.53. The number of thiazole rings is 1. The van der Waals surface area contributed by atoms with E-state index in [0.717, 1.165) is 16.2 Å². The third-order valence-electron chi connectivity index (χ3n) is 0.903. The number of nitrogens with zero attached hydrogens (tertiary/aromatic N) is 1. The highest BCUT2D eigenvalue weighted by molar-refractivity contribution is 9.08. The molecule has 1 rings (SSSR count). The molecule has 0 saturated heterocycles. The van der Waals surface area contributed by atoms with Crippen molar-refractivity contribution in [1.29, 1.82) is 0 Å². The fourth-order valence-electron chi connectivity index (χ4n) is 0.483. The fourth-order valence-corrected chi connectivity index (χ4v) is 1.66. The van der Waals surface area contributed by atoms with E-state index in [2.05, 4.69) is 26.2 Å². The van der Waals surface area contributed by atoms with E-state index in [4.69, 9.17) is 0 Å². The molecular formula is C5H7BrN2S. The Labute approximate surface area is 66.4 Å². The number of aromatic nitrogens is 1. The summed E-state index contributed by atoms with van der Waals surface area (Å²) in [6.45, 7) is 0. The molecule has 0 unspecified atom stereocenters. The molecule has 0 aliphatic carbocycles. The van der Waals surface area contributed by atoms with Gasteiger partial charge >= 0.3 is 0 Å². The first-order valence-electron chi connectivity index (χ1n) is 2.55. The second-order valence-corrected chi connectivity index (χ2v) is 2.95. The summed E-state index contributed by atoms with van der Waals surface area (Å²) in [5, 5.41) is 6.81. The van der Waals surface area contributed by atoms with Gasteiger partial charge in [0.05, 0.1) is 5.69 Å². The molecule has 50 valence electrons. The number of hydrogen-bond acceptors (Lipinski definition) is 3. The van der Waals surface area contributed by atoms with Crippen molar-refractivity contribution in [3.63, 3.8) is 0 Å². The lowest BCUT2D eigenvalue weighted by Gasteiger charge is -1.86. The van der Waals surface area contributed by atoms with Gasteiger partial charge in [-0.05, 0) is 0 Å². The van der Waals surface area contributed by atoms with Gasteiger partial charge in [0.1, 0.15) is 0 Å². The summed E-state index contributed by atoms with van der Waals surface area (Å²) in [4.78, 5) is 4.21. The molecule has 0 amide bonds. The number of hydrogen-bond donors (Lipinski definition) is 1. The van der Waals surface area contributed by atoms with Gasteiger partial charge in [-0.2, -0.15) is 0 Å². The first-order chi connectivity index (χ1) is 4.36. The van der Waals surface area contributed by atoms with Crippen LogP contribution >= 0.6 is 27.3 Å². The lowest BCUT2D eigenvalue weighted by atomic mass is 10.6. The van der Waals surface area contributed by atoms with E-state index < -0.39 is 0 Å². The topological polar surface area (TPSA) is 24.9 Å². The monoisotopic (exact) mass is 206 g/mol. The van der Waals surface area contributed by atoms with Gasteiger partial charge in [0.25, 0.3) is 0 Å². The molecule has 0 fully saturated rings. The maximum atomic E-state index is 4.21. The van der Waals surface area contributed by atoms with Crippen molar-refractivity contribution in [2.24, 2.45) is 0 Å². The first kappa shape index (κ1) is 7.02. The normalized spacial score (nSPS) is 9.56. The molecule has 0 aromatic carbocycles. The Balaban J connectivity index is 2.74. The van der Waals surface area contributed by atoms with Gasteiger partial charge in [0.15, 0.2) is 5.13 Å². The molecule has 0 spiro atoms. The van der Waals surface area contributed by atoms with Gasteiger partial charge in [-0.3, -0.25) is 0 Å². The maximum absolute atomic E-state index is 4.21. The van der Waals surface area contributed by atoms with Crippen LogP contribution in [0.4, 0.5) is 5.13 Å². The average molecular weight is 207 g/mol. The van der Waals surface area contributed by atoms with Crippen molar-refractivity contribution in [2.45, 2.75) is 5.33 Å². The molecule has 0 bridgehead atoms. The molecule has 1 aromatic heterocycles. The summed E-state index contributed by atoms with van der Waals surface area (Å²) >= 11 is 4.94. The largest absolute Gasteiger partial charge is 0.365 e. The molecule has 0 atom stereocenters. The lowest BCUT2D eigenvalue weighted by Crippen LogP contribution is -1.85. The number of anilines is 1. The van der Waals surface area contributed by atoms with Crippen LogP contribution in [0.15, 0.2) is 5.38 Å². The predicted octanol–water partition coefficient (Wildman–Crippen LogP) is 2.08. The molecule has 0 aliphatic rings. The van der Waals surface area contributed by atoms with Crippen LogP contribution in [-0.2, 0) is 5.33 Å². The Kier molecular flexibility index (Phi) is 2.48. The van der Waals surface area contributed by atoms with E-state index in [1.807, 2.05) is 12.4 Å². The van der Waals surface area contributed by atoms with E-state index in [1.165, 1.54) is 0 Å². The highest BCUT2D eigenvalue weighted by atomic mass is 79.9. The molecule has 4 heteroatoms. The van der Waals surface area contributed by atoms with Crippen molar-refractivity contribution >= 4 is 32.4 Å². The minimum Gasteiger partial charge on any atom is -0.365 e. The van der Waals surface area contributed by atoms with Crippen LogP contribution in [-0.4, -0.2) is 12.0 Å². The summed E-state index contributed by atoms with van der Waals surface area (Å²) in [6, 6.07) is 0. The smallest absolute Gasteiger partial charge is 0.182 e. The van der Waals surface area contributed by atoms with E-state index in [0.29, 0.717) is 0 Å². The van der Waals surface area contributed by atoms with Crippen LogP contribution in [0.25, 0.3) is 0 Å². The van der Waals surface area contributed by atoms with Crippen molar-refractivity contribution in [2.75, 3.05) is 12.4 Å². The Bertz CT molecular complexity index is 168. The lowest BCUT2D eigenvalue weighted by molar-refractivity contribution is 1.23. The van der Waals surface area contributed by atoms with E-state index >= 15 is 0 Å². The van der Waals surface area contributed by atoms with E-state index in [1.54, 1.807) is 11.3 Å². The standard InChI is InChI=1S/C5H7BrN2S/c1-7-5-8-4(2-6)3-9-5/h3H,2H2,1H3,(H,7,8). The predicted molar refractivity (Wildman–Crippen MR) is 44.3 cm³/mol. The van der Waals surface area contributed by atoms with Crippen LogP contribution in [0.1, 0.15) is 5.69 Å². The second kappa shape index (κ2) is 3.17. The third kappa shape index (κ3) is 1.66. The Morgan fingerprint density at radius 3 is 3.00 bits per heavy atom. The van der Waals surface area contributed by atoms with Crippen molar-refractivity contribution < 1.29 is 0 Å². The van der Waals surface area contributed by atoms with Gasteiger partial charge in [0, 0.05) is 17.8 Å². The van der Waals surface area contributed by atoms with Crippen molar-refractivity contribution in [1.82, 2.24) is 4.98 Å². The van der Waals surface area contributed by atoms with Gasteiger partial charge < -0.3 is 5.32 Å². The zero-order chi connectivity index (χ0) is 6.69. The molecule has 9 heavy (non-hydrogen) atoms. The summed E-state index contributed by atoms with van der Waals surface area (Å²) in [5.41, 5.74) is 1.09. The maximum Gasteiger partial charge on any atom is 0.182 e. The van der Waals surface area contributed by atoms with E-state index in [9.17, 15) is 0 Å². The molecule has 1 N–H and O–H groups in total. The summed E-state index contributed by atoms with van der Waals surface area (Å²) < 4.78 is 0. The molecule has 1 aromatic rings. The minimum absolute atomic E-state index is 0.838. The zero-order valence-corrected chi connectivity index (χ0v) is 7.42. The van der Waals surface area contributed by atoms with Crippen LogP contribution in [0, 0.1) is 0 Å². The summed E-state index contributed by atoms with van der Waals surface area (Å²) in [6.07, 6.45) is 0. The Hall–Kier alpha value is -0.0900. The highest BCUT2D eigenvalue weighted by Crippen LogP contribution is 2.15. The molecule has 2 nitrogen and oxygen atoms in total. The van der Waals surface area contributed by atoms with Crippen molar-refractivity contribution in [3.05, 3.63) is 11.1 Å². The SMILES string of the molecule is CNc1nc(CBr)cs1. The van der Waals surface area contributed by atoms with Gasteiger partial charge in [-0.1, -0.05) is 15.9 Å². The fraction of sp³-hybridized carbons (Fsp3) is 0.400. The highest BCUT2D eigenvalue weighted by Gasteiger charge is 1.95. The Morgan fingerprint density at radius 1 is 1.89 bits per heavy atom. The van der Waals surface area contributed by atoms with Gasteiger partial charge in [-0.15, -0.1) is 11.3 Å². The number of halogens is 1. The number of rotatable bonds is 2. The van der Waals surface area contributed by atoms with Crippen LogP contribution < -0.4 is 5.32 Å². The van der Waals surface area contributed by atoms with E-state index in [-0.39, 0.29) is 0 Å². The summed E-state index contributed by atoms with van der Waals surface area (Å²) in [7, 11) is 1.87. The van der Waals surface area contributed by atoms with Crippen LogP contribution in [0.3, 0.4) is 0 Å². The zero-order valence-electron chi connectivity index (χ0n) is 5.02. The van der Waals surface area contributed by atoms with Gasteiger partial charge in [-0.25, -0.2) is 4.98 Å². The average Bonchev–Trinajstić information content (AvgIpc) is 2.34. The van der Waals surface area contributed by atoms with Crippen LogP contribution in [0.2, 0.25) is 0 Å². The molecular weight excluding hydrogens is 200 g/mol. The van der Waals surface area contributed by atoms with Crippen molar-refractivity contribution in [3.8, 4) is 0 Å². The molecule has 0 radical (unpaired) electrons. The van der Waals surface area contributed by atoms with Crippen LogP contribution in [0.5, 0.6) is 0 Å². The first-order valence-corrected chi connectivity index (χ1v) is 4.55. The molecule has 0 aliphatic heterocycles. The molecule has 1 heterocycles. The third-order valence-corrected chi connectivity index (χ3v) is 2.39. The Morgan fingerprint density at radius 2 is 2.67 bits per heavy atom. The molecule has 0 saturated carbocycles. The summed E-state index contributed by atoms with van der Waals surface area (Å²) in [5.74, 6) is 0.